The maximum Gasteiger partial charge on any atom is 0.356 e. The van der Waals surface area contributed by atoms with Crippen molar-refractivity contribution in [1.29, 1.82) is 0 Å². The number of ether oxygens (including phenoxy) is 1. The number of aromatic nitrogens is 1. The summed E-state index contributed by atoms with van der Waals surface area (Å²) in [7, 11) is 0. The number of hydrogen-bond acceptors (Lipinski definition) is 10. The normalized spacial score (nSPS) is 16.5. The van der Waals surface area contributed by atoms with Gasteiger partial charge in [0.2, 0.25) is 0 Å². The Bertz CT molecular complexity index is 2370. The Hall–Kier alpha value is -6.02. The van der Waals surface area contributed by atoms with Crippen LogP contribution in [0.5, 0.6) is 0 Å². The molecule has 1 fully saturated rings. The smallest absolute Gasteiger partial charge is 0.356 e. The summed E-state index contributed by atoms with van der Waals surface area (Å²) >= 11 is 6.14. The fraction of sp³-hybridized carbons (Fsp3) is 0.170. The summed E-state index contributed by atoms with van der Waals surface area (Å²) in [6.45, 7) is 2.02. The lowest BCUT2D eigenvalue weighted by Crippen LogP contribution is -2.71. The van der Waals surface area contributed by atoms with Gasteiger partial charge in [-0.2, -0.15) is 0 Å². The van der Waals surface area contributed by atoms with E-state index in [9.17, 15) is 14.4 Å². The number of anilines is 1. The first-order valence-electron chi connectivity index (χ1n) is 19.3. The summed E-state index contributed by atoms with van der Waals surface area (Å²) < 4.78 is 6.18. The lowest BCUT2D eigenvalue weighted by molar-refractivity contribution is -0.154. The summed E-state index contributed by atoms with van der Waals surface area (Å²) in [5.74, 6) is -1.21. The van der Waals surface area contributed by atoms with E-state index in [-0.39, 0.29) is 23.7 Å². The van der Waals surface area contributed by atoms with E-state index in [0.29, 0.717) is 21.8 Å². The molecule has 2 N–H and O–H groups in total. The van der Waals surface area contributed by atoms with Crippen molar-refractivity contribution in [2.24, 2.45) is 5.16 Å². The SMILES string of the molecule is CC1=C(C(=O)OC(c2ccccc2)c2ccccc2)N2C(=O)C(NC(=O)C(=NOCCBr)c3csc(NC(c4ccccc4)(c4ccccc4)c4ccccc4)n3)[C@H]2SC1. The number of benzene rings is 5. The number of esters is 1. The molecule has 5 aromatic carbocycles. The summed E-state index contributed by atoms with van der Waals surface area (Å²) in [4.78, 5) is 54.0. The molecule has 8 rings (SSSR count). The Balaban J connectivity index is 1.04. The minimum atomic E-state index is -0.933. The van der Waals surface area contributed by atoms with Crippen LogP contribution in [0.15, 0.2) is 173 Å². The molecule has 3 heterocycles. The second-order valence-electron chi connectivity index (χ2n) is 14.1. The van der Waals surface area contributed by atoms with Crippen LogP contribution in [0.3, 0.4) is 0 Å². The van der Waals surface area contributed by atoms with E-state index in [2.05, 4.69) is 68.1 Å². The van der Waals surface area contributed by atoms with Crippen LogP contribution in [-0.2, 0) is 29.5 Å². The number of fused-ring (bicyclic) bond motifs is 1. The summed E-state index contributed by atoms with van der Waals surface area (Å²) in [6.07, 6.45) is -0.686. The minimum Gasteiger partial charge on any atom is -0.448 e. The van der Waals surface area contributed by atoms with E-state index in [4.69, 9.17) is 14.6 Å². The summed E-state index contributed by atoms with van der Waals surface area (Å²) in [5, 5.41) is 13.1. The van der Waals surface area contributed by atoms with Crippen molar-refractivity contribution in [2.45, 2.75) is 30.0 Å². The highest BCUT2D eigenvalue weighted by Gasteiger charge is 2.54. The van der Waals surface area contributed by atoms with Crippen LogP contribution in [0, 0.1) is 0 Å². The van der Waals surface area contributed by atoms with E-state index < -0.39 is 40.8 Å². The zero-order valence-electron chi connectivity index (χ0n) is 32.4. The third-order valence-electron chi connectivity index (χ3n) is 10.3. The van der Waals surface area contributed by atoms with Gasteiger partial charge < -0.3 is 20.2 Å². The molecule has 2 atom stereocenters. The molecule has 0 spiro atoms. The van der Waals surface area contributed by atoms with Gasteiger partial charge in [-0.15, -0.1) is 23.1 Å². The van der Waals surface area contributed by atoms with Crippen molar-refractivity contribution in [2.75, 3.05) is 23.0 Å². The number of hydrogen-bond donors (Lipinski definition) is 2. The van der Waals surface area contributed by atoms with Gasteiger partial charge in [0, 0.05) is 16.5 Å². The molecule has 1 aromatic heterocycles. The molecule has 1 saturated heterocycles. The zero-order chi connectivity index (χ0) is 41.5. The molecule has 6 aromatic rings. The van der Waals surface area contributed by atoms with E-state index >= 15 is 0 Å². The van der Waals surface area contributed by atoms with Crippen LogP contribution in [-0.4, -0.2) is 62.5 Å². The average molecular weight is 899 g/mol. The Labute approximate surface area is 364 Å². The van der Waals surface area contributed by atoms with Crippen molar-refractivity contribution in [3.63, 3.8) is 0 Å². The van der Waals surface area contributed by atoms with Gasteiger partial charge in [0.15, 0.2) is 16.9 Å². The fourth-order valence-electron chi connectivity index (χ4n) is 7.45. The largest absolute Gasteiger partial charge is 0.448 e. The first-order valence-corrected chi connectivity index (χ1v) is 22.4. The first-order chi connectivity index (χ1) is 29.4. The first kappa shape index (κ1) is 40.7. The predicted molar refractivity (Wildman–Crippen MR) is 240 cm³/mol. The Morgan fingerprint density at radius 1 is 0.833 bits per heavy atom. The van der Waals surface area contributed by atoms with Gasteiger partial charge in [-0.05, 0) is 40.3 Å². The highest BCUT2D eigenvalue weighted by Crippen LogP contribution is 2.43. The molecule has 2 aliphatic heterocycles. The quantitative estimate of drug-likeness (QED) is 0.0200. The van der Waals surface area contributed by atoms with Gasteiger partial charge >= 0.3 is 5.97 Å². The molecule has 0 bridgehead atoms. The molecule has 2 aliphatic rings. The Kier molecular flexibility index (Phi) is 12.6. The maximum absolute atomic E-state index is 14.2. The van der Waals surface area contributed by atoms with Gasteiger partial charge in [-0.1, -0.05) is 173 Å². The number of thiazole rings is 1. The lowest BCUT2D eigenvalue weighted by atomic mass is 9.77. The summed E-state index contributed by atoms with van der Waals surface area (Å²) in [6, 6.07) is 48.5. The second-order valence-corrected chi connectivity index (χ2v) is 16.8. The second kappa shape index (κ2) is 18.5. The molecule has 10 nitrogen and oxygen atoms in total. The molecule has 1 unspecified atom stereocenters. The highest BCUT2D eigenvalue weighted by molar-refractivity contribution is 9.09. The van der Waals surface area contributed by atoms with E-state index in [1.54, 1.807) is 5.38 Å². The molecule has 13 heteroatoms. The molecule has 0 saturated carbocycles. The van der Waals surface area contributed by atoms with E-state index in [1.807, 2.05) is 122 Å². The lowest BCUT2D eigenvalue weighted by Gasteiger charge is -2.49. The molecule has 302 valence electrons. The molecule has 2 amide bonds. The third kappa shape index (κ3) is 8.25. The van der Waals surface area contributed by atoms with Gasteiger partial charge in [0.05, 0.1) is 0 Å². The van der Waals surface area contributed by atoms with Crippen LogP contribution in [0.2, 0.25) is 0 Å². The number of alkyl halides is 1. The van der Waals surface area contributed by atoms with Crippen LogP contribution < -0.4 is 10.6 Å². The molecular weight excluding hydrogens is 859 g/mol. The minimum absolute atomic E-state index is 0.0861. The number of rotatable bonds is 15. The Morgan fingerprint density at radius 2 is 1.35 bits per heavy atom. The molecule has 0 aliphatic carbocycles. The fourth-order valence-corrected chi connectivity index (χ4v) is 9.64. The van der Waals surface area contributed by atoms with Crippen LogP contribution in [0.4, 0.5) is 5.13 Å². The molecule has 0 radical (unpaired) electrons. The standard InChI is InChI=1S/C47H40BrN5O5S2/c1-31-29-59-44-39(43(55)53(44)40(31)45(56)58-41(32-17-7-2-8-18-32)33-19-9-3-10-20-33)50-42(54)38(52-57-28-27-48)37-30-60-46(49-37)51-47(34-21-11-4-12-22-34,35-23-13-5-14-24-35)36-25-15-6-16-26-36/h2-26,30,39,41,44H,27-29H2,1H3,(H,49,51)(H,50,54)/t39?,44-/m1/s1. The van der Waals surface area contributed by atoms with Crippen molar-refractivity contribution in [3.05, 3.63) is 202 Å². The monoisotopic (exact) mass is 897 g/mol. The number of carbonyl (C=O) groups excluding carboxylic acids is 3. The highest BCUT2D eigenvalue weighted by atomic mass is 79.9. The topological polar surface area (TPSA) is 122 Å². The predicted octanol–water partition coefficient (Wildman–Crippen LogP) is 8.67. The van der Waals surface area contributed by atoms with E-state index in [1.165, 1.54) is 28.0 Å². The molecule has 60 heavy (non-hydrogen) atoms. The Morgan fingerprint density at radius 3 is 1.87 bits per heavy atom. The number of β-lactam (4-membered cyclic amide) rings is 1. The van der Waals surface area contributed by atoms with Crippen molar-refractivity contribution < 1.29 is 24.0 Å². The van der Waals surface area contributed by atoms with E-state index in [0.717, 1.165) is 27.8 Å². The number of nitrogens with one attached hydrogen (secondary N) is 2. The van der Waals surface area contributed by atoms with Gasteiger partial charge in [0.1, 0.15) is 35.0 Å². The number of thioether (sulfide) groups is 1. The van der Waals surface area contributed by atoms with Gasteiger partial charge in [-0.25, -0.2) is 9.78 Å². The number of carbonyl (C=O) groups is 3. The number of oxime groups is 1. The van der Waals surface area contributed by atoms with Gasteiger partial charge in [0.25, 0.3) is 11.8 Å². The van der Waals surface area contributed by atoms with Crippen molar-refractivity contribution >= 4 is 67.7 Å². The van der Waals surface area contributed by atoms with Crippen LogP contribution >= 0.6 is 39.0 Å². The number of nitrogens with zero attached hydrogens (tertiary/aromatic N) is 3. The average Bonchev–Trinajstić information content (AvgIpc) is 3.77. The van der Waals surface area contributed by atoms with Crippen LogP contribution in [0.25, 0.3) is 0 Å². The summed E-state index contributed by atoms with van der Waals surface area (Å²) in [5.41, 5.74) is 4.82. The number of amides is 2. The number of halogens is 1. The third-order valence-corrected chi connectivity index (χ3v) is 12.8. The zero-order valence-corrected chi connectivity index (χ0v) is 35.7. The maximum atomic E-state index is 14.2. The van der Waals surface area contributed by atoms with Crippen molar-refractivity contribution in [1.82, 2.24) is 15.2 Å². The van der Waals surface area contributed by atoms with Crippen molar-refractivity contribution in [3.8, 4) is 0 Å². The van der Waals surface area contributed by atoms with Gasteiger partial charge in [-0.3, -0.25) is 14.5 Å². The van der Waals surface area contributed by atoms with Crippen LogP contribution in [0.1, 0.15) is 46.5 Å². The molecular formula is C47H40BrN5O5S2.